The number of nitrogens with two attached hydrogens (primary N) is 1. The maximum absolute atomic E-state index is 14.4. The lowest BCUT2D eigenvalue weighted by atomic mass is 9.95. The van der Waals surface area contributed by atoms with E-state index >= 15 is 0 Å². The van der Waals surface area contributed by atoms with Crippen molar-refractivity contribution in [3.05, 3.63) is 114 Å². The van der Waals surface area contributed by atoms with Crippen LogP contribution in [0.2, 0.25) is 0 Å². The van der Waals surface area contributed by atoms with Gasteiger partial charge in [-0.05, 0) is 127 Å². The molecule has 0 heterocycles. The van der Waals surface area contributed by atoms with Crippen molar-refractivity contribution < 1.29 is 94.8 Å². The van der Waals surface area contributed by atoms with E-state index in [0.717, 1.165) is 13.0 Å². The molecule has 0 bridgehead atoms. The molecule has 74 heavy (non-hydrogen) atoms. The van der Waals surface area contributed by atoms with Gasteiger partial charge in [0.25, 0.3) is 0 Å². The van der Waals surface area contributed by atoms with Crippen LogP contribution in [-0.4, -0.2) is 86.7 Å². The Bertz CT molecular complexity index is 3140. The van der Waals surface area contributed by atoms with E-state index in [4.69, 9.17) is 48.4 Å². The third-order valence-electron chi connectivity index (χ3n) is 12.5. The molecule has 0 radical (unpaired) electrons. The number of benzene rings is 5. The van der Waals surface area contributed by atoms with Gasteiger partial charge >= 0.3 is 42.0 Å². The molecule has 5 aromatic rings. The molecule has 1 atom stereocenters. The number of aliphatic carboxylic acids is 1. The fourth-order valence-electron chi connectivity index (χ4n) is 8.39. The van der Waals surface area contributed by atoms with Crippen LogP contribution in [0.4, 0.5) is 13.2 Å². The molecule has 394 valence electrons. The number of ether oxygens (including phenoxy) is 9. The predicted octanol–water partition coefficient (Wildman–Crippen LogP) is 9.38. The topological polar surface area (TPSA) is 252 Å². The number of aryl methyl sites for hydroxylation is 1. The van der Waals surface area contributed by atoms with Gasteiger partial charge in [0, 0.05) is 27.8 Å². The predicted molar refractivity (Wildman–Crippen MR) is 259 cm³/mol. The van der Waals surface area contributed by atoms with Crippen molar-refractivity contribution in [2.24, 2.45) is 5.73 Å². The molecule has 5 rings (SSSR count). The molecule has 21 heteroatoms. The first-order valence-electron chi connectivity index (χ1n) is 22.3. The summed E-state index contributed by atoms with van der Waals surface area (Å²) in [7, 11) is 5.13. The van der Waals surface area contributed by atoms with Crippen LogP contribution in [-0.2, 0) is 16.0 Å². The number of methoxy groups -OCH3 is 4. The van der Waals surface area contributed by atoms with E-state index in [2.05, 4.69) is 0 Å². The van der Waals surface area contributed by atoms with E-state index in [-0.39, 0.29) is 114 Å². The average molecular weight is 1030 g/mol. The molecule has 4 N–H and O–H groups in total. The second-order valence-electron chi connectivity index (χ2n) is 17.0. The van der Waals surface area contributed by atoms with Crippen molar-refractivity contribution >= 4 is 35.8 Å². The van der Waals surface area contributed by atoms with E-state index in [0.29, 0.717) is 11.1 Å². The summed E-state index contributed by atoms with van der Waals surface area (Å²) in [6.07, 6.45) is -5.54. The van der Waals surface area contributed by atoms with Crippen LogP contribution in [0.3, 0.4) is 0 Å². The standard InChI is InChI=1S/C53H54F3NO17/c1-21-19-34(71-50(63)38-27(7)46(45(69-14)30(10)43(38)68-13)70-32-17-15-31(16-18-32)20-33(57)47(58)59)26(6)44(74-52(65)53(54,55)56)35(21)49(62)72-40-25(5)23(3)37(42(67-12)29(40)9)51(64)73-39-24(4)22(2)36(48(60)61)41(66-11)28(39)8/h15-19,33H,20,57H2,1-14H3,(H,58,59)(H,60,61). The summed E-state index contributed by atoms with van der Waals surface area (Å²) in [5.74, 6) is -9.84. The van der Waals surface area contributed by atoms with Gasteiger partial charge in [0.15, 0.2) is 17.2 Å². The zero-order valence-electron chi connectivity index (χ0n) is 42.9. The largest absolute Gasteiger partial charge is 0.495 e. The number of carboxylic acid groups (broad SMARTS) is 2. The van der Waals surface area contributed by atoms with Gasteiger partial charge in [0.1, 0.15) is 68.5 Å². The summed E-state index contributed by atoms with van der Waals surface area (Å²) >= 11 is 0. The Kier molecular flexibility index (Phi) is 17.0. The van der Waals surface area contributed by atoms with Gasteiger partial charge in [-0.3, -0.25) is 4.79 Å². The normalized spacial score (nSPS) is 11.5. The molecule has 0 spiro atoms. The quantitative estimate of drug-likeness (QED) is 0.0579. The summed E-state index contributed by atoms with van der Waals surface area (Å²) in [6, 6.07) is 6.29. The third-order valence-corrected chi connectivity index (χ3v) is 12.5. The van der Waals surface area contributed by atoms with Crippen molar-refractivity contribution in [2.75, 3.05) is 28.4 Å². The zero-order chi connectivity index (χ0) is 55.6. The lowest BCUT2D eigenvalue weighted by Gasteiger charge is -2.23. The summed E-state index contributed by atoms with van der Waals surface area (Å²) in [4.78, 5) is 78.7. The highest BCUT2D eigenvalue weighted by Crippen LogP contribution is 2.47. The van der Waals surface area contributed by atoms with Crippen LogP contribution in [0.25, 0.3) is 0 Å². The Balaban J connectivity index is 1.58. The Morgan fingerprint density at radius 3 is 1.39 bits per heavy atom. The highest BCUT2D eigenvalue weighted by molar-refractivity contribution is 6.02. The van der Waals surface area contributed by atoms with Crippen molar-refractivity contribution in [3.8, 4) is 57.5 Å². The Hall–Kier alpha value is -8.33. The number of hydrogen-bond acceptors (Lipinski definition) is 16. The number of rotatable bonds is 17. The number of carboxylic acids is 2. The maximum atomic E-state index is 14.4. The SMILES string of the molecule is COc1c(C)c(OC)c(C(=O)Oc2cc(C)c(C(=O)Oc3c(C)c(C)c(C(=O)Oc4c(C)c(C)c(C(=O)O)c(OC)c4C)c(OC)c3C)c(OC(=O)C(F)(F)F)c2C)c(C)c1Oc1ccc(CC(N)C(=O)O)cc1. The van der Waals surface area contributed by atoms with Gasteiger partial charge in [0.2, 0.25) is 0 Å². The van der Waals surface area contributed by atoms with Gasteiger partial charge in [0.05, 0.1) is 28.4 Å². The number of esters is 4. The summed E-state index contributed by atoms with van der Waals surface area (Å²) in [5.41, 5.74) is 6.25. The smallest absolute Gasteiger partial charge is 0.491 e. The lowest BCUT2D eigenvalue weighted by Crippen LogP contribution is -2.32. The second-order valence-corrected chi connectivity index (χ2v) is 17.0. The summed E-state index contributed by atoms with van der Waals surface area (Å²) in [6.45, 7) is 14.5. The van der Waals surface area contributed by atoms with Gasteiger partial charge in [-0.25, -0.2) is 24.0 Å². The zero-order valence-corrected chi connectivity index (χ0v) is 42.9. The minimum Gasteiger partial charge on any atom is -0.495 e. The van der Waals surface area contributed by atoms with Crippen LogP contribution in [0.1, 0.15) is 103 Å². The lowest BCUT2D eigenvalue weighted by molar-refractivity contribution is -0.189. The number of carbonyl (C=O) groups excluding carboxylic acids is 4. The Morgan fingerprint density at radius 2 is 0.932 bits per heavy atom. The van der Waals surface area contributed by atoms with Crippen LogP contribution in [0.15, 0.2) is 30.3 Å². The van der Waals surface area contributed by atoms with E-state index < -0.39 is 70.7 Å². The first kappa shape index (κ1) is 56.6. The highest BCUT2D eigenvalue weighted by atomic mass is 19.4. The molecule has 0 aliphatic carbocycles. The first-order chi connectivity index (χ1) is 34.6. The van der Waals surface area contributed by atoms with Gasteiger partial charge in [-0.2, -0.15) is 13.2 Å². The monoisotopic (exact) mass is 1030 g/mol. The molecule has 5 aromatic carbocycles. The minimum atomic E-state index is -5.57. The molecule has 18 nitrogen and oxygen atoms in total. The number of halogens is 3. The Morgan fingerprint density at radius 1 is 0.500 bits per heavy atom. The summed E-state index contributed by atoms with van der Waals surface area (Å²) < 4.78 is 92.7. The molecule has 0 saturated carbocycles. The molecule has 1 unspecified atom stereocenters. The van der Waals surface area contributed by atoms with Crippen LogP contribution in [0.5, 0.6) is 57.5 Å². The number of alkyl halides is 3. The molecular formula is C53H54F3NO17. The fraction of sp³-hybridized carbons (Fsp3) is 0.321. The third kappa shape index (κ3) is 10.9. The molecule has 0 aromatic heterocycles. The average Bonchev–Trinajstić information content (AvgIpc) is 3.33. The summed E-state index contributed by atoms with van der Waals surface area (Å²) in [5, 5.41) is 19.1. The molecular weight excluding hydrogens is 980 g/mol. The number of aromatic carboxylic acids is 1. The fourth-order valence-corrected chi connectivity index (χ4v) is 8.39. The van der Waals surface area contributed by atoms with Crippen molar-refractivity contribution in [2.45, 2.75) is 87.9 Å². The first-order valence-corrected chi connectivity index (χ1v) is 22.3. The molecule has 0 amide bonds. The van der Waals surface area contributed by atoms with E-state index in [9.17, 15) is 52.2 Å². The van der Waals surface area contributed by atoms with E-state index in [1.54, 1.807) is 38.1 Å². The van der Waals surface area contributed by atoms with Crippen molar-refractivity contribution in [1.82, 2.24) is 0 Å². The van der Waals surface area contributed by atoms with Crippen LogP contribution in [0, 0.1) is 69.2 Å². The van der Waals surface area contributed by atoms with Crippen LogP contribution >= 0.6 is 0 Å². The van der Waals surface area contributed by atoms with Gasteiger partial charge in [-0.1, -0.05) is 12.1 Å². The minimum absolute atomic E-state index is 0.0229. The number of carbonyl (C=O) groups is 6. The van der Waals surface area contributed by atoms with E-state index in [1.165, 1.54) is 76.9 Å². The molecule has 0 aliphatic rings. The molecule has 0 fully saturated rings. The van der Waals surface area contributed by atoms with Crippen molar-refractivity contribution in [3.63, 3.8) is 0 Å². The maximum Gasteiger partial charge on any atom is 0.491 e. The Labute approximate surface area is 422 Å². The van der Waals surface area contributed by atoms with Crippen LogP contribution < -0.4 is 48.4 Å². The molecule has 0 saturated heterocycles. The number of hydrogen-bond donors (Lipinski definition) is 3. The van der Waals surface area contributed by atoms with E-state index in [1.807, 2.05) is 0 Å². The second kappa shape index (κ2) is 22.2. The van der Waals surface area contributed by atoms with Gasteiger partial charge < -0.3 is 58.6 Å². The molecule has 0 aliphatic heterocycles. The highest BCUT2D eigenvalue weighted by Gasteiger charge is 2.43. The van der Waals surface area contributed by atoms with Crippen molar-refractivity contribution in [1.29, 1.82) is 0 Å². The van der Waals surface area contributed by atoms with Gasteiger partial charge in [-0.15, -0.1) is 0 Å².